The second-order valence-corrected chi connectivity index (χ2v) is 11.2. The predicted molar refractivity (Wildman–Crippen MR) is 132 cm³/mol. The lowest BCUT2D eigenvalue weighted by Gasteiger charge is -2.29. The van der Waals surface area contributed by atoms with Crippen LogP contribution >= 0.6 is 0 Å². The molecule has 0 radical (unpaired) electrons. The van der Waals surface area contributed by atoms with Gasteiger partial charge in [-0.1, -0.05) is 48.0 Å². The number of benzene rings is 3. The SMILES string of the molecule is COc1cc2c(cc1OCc1ccccc1)[C@@H]1C[C@H](C2)[C@](C)(COS(=O)(=O)c2ccc(C)cc2)O1. The van der Waals surface area contributed by atoms with Gasteiger partial charge >= 0.3 is 0 Å². The fourth-order valence-electron chi connectivity index (χ4n) is 4.95. The fourth-order valence-corrected chi connectivity index (χ4v) is 5.95. The quantitative estimate of drug-likeness (QED) is 0.392. The van der Waals surface area contributed by atoms with E-state index in [2.05, 4.69) is 0 Å². The summed E-state index contributed by atoms with van der Waals surface area (Å²) in [5.41, 5.74) is 3.54. The van der Waals surface area contributed by atoms with Crippen molar-refractivity contribution in [2.75, 3.05) is 13.7 Å². The van der Waals surface area contributed by atoms with Gasteiger partial charge in [0.15, 0.2) is 11.5 Å². The molecule has 6 nitrogen and oxygen atoms in total. The Morgan fingerprint density at radius 1 is 1.03 bits per heavy atom. The van der Waals surface area contributed by atoms with E-state index in [1.165, 1.54) is 0 Å². The Labute approximate surface area is 206 Å². The monoisotopic (exact) mass is 494 g/mol. The summed E-state index contributed by atoms with van der Waals surface area (Å²) in [4.78, 5) is 0.154. The number of hydrogen-bond acceptors (Lipinski definition) is 6. The van der Waals surface area contributed by atoms with Gasteiger partial charge in [-0.25, -0.2) is 0 Å². The molecule has 1 aliphatic carbocycles. The van der Waals surface area contributed by atoms with Gasteiger partial charge < -0.3 is 14.2 Å². The maximum absolute atomic E-state index is 12.8. The second kappa shape index (κ2) is 9.30. The number of rotatable bonds is 8. The largest absolute Gasteiger partial charge is 0.493 e. The zero-order chi connectivity index (χ0) is 24.6. The van der Waals surface area contributed by atoms with Gasteiger partial charge in [0.1, 0.15) is 6.61 Å². The summed E-state index contributed by atoms with van der Waals surface area (Å²) in [5, 5.41) is 0. The highest BCUT2D eigenvalue weighted by Gasteiger charge is 2.50. The van der Waals surface area contributed by atoms with Crippen LogP contribution in [0.15, 0.2) is 71.6 Å². The minimum absolute atomic E-state index is 0.0349. The molecule has 7 heteroatoms. The molecule has 1 saturated heterocycles. The van der Waals surface area contributed by atoms with Crippen molar-refractivity contribution in [3.63, 3.8) is 0 Å². The summed E-state index contributed by atoms with van der Waals surface area (Å²) in [6.07, 6.45) is 1.41. The van der Waals surface area contributed by atoms with E-state index >= 15 is 0 Å². The van der Waals surface area contributed by atoms with E-state index in [1.807, 2.05) is 56.3 Å². The lowest BCUT2D eigenvalue weighted by molar-refractivity contribution is -0.0673. The summed E-state index contributed by atoms with van der Waals surface area (Å²) in [7, 11) is -2.23. The number of hydrogen-bond donors (Lipinski definition) is 0. The van der Waals surface area contributed by atoms with Crippen LogP contribution < -0.4 is 9.47 Å². The van der Waals surface area contributed by atoms with Gasteiger partial charge in [-0.3, -0.25) is 4.18 Å². The van der Waals surface area contributed by atoms with Crippen molar-refractivity contribution in [2.45, 2.75) is 49.9 Å². The topological polar surface area (TPSA) is 71.1 Å². The van der Waals surface area contributed by atoms with Crippen molar-refractivity contribution in [1.29, 1.82) is 0 Å². The molecule has 5 rings (SSSR count). The normalized spacial score (nSPS) is 23.1. The minimum Gasteiger partial charge on any atom is -0.493 e. The lowest BCUT2D eigenvalue weighted by atomic mass is 9.77. The van der Waals surface area contributed by atoms with Crippen molar-refractivity contribution < 1.29 is 26.8 Å². The molecule has 3 aromatic carbocycles. The molecule has 0 saturated carbocycles. The molecular weight excluding hydrogens is 464 g/mol. The molecule has 2 aliphatic rings. The van der Waals surface area contributed by atoms with Gasteiger partial charge in [0, 0.05) is 0 Å². The summed E-state index contributed by atoms with van der Waals surface area (Å²) in [6.45, 7) is 4.26. The zero-order valence-electron chi connectivity index (χ0n) is 20.2. The molecule has 3 aromatic rings. The zero-order valence-corrected chi connectivity index (χ0v) is 21.0. The van der Waals surface area contributed by atoms with Crippen molar-refractivity contribution in [1.82, 2.24) is 0 Å². The molecule has 0 unspecified atom stereocenters. The average Bonchev–Trinajstić information content (AvgIpc) is 3.13. The van der Waals surface area contributed by atoms with Crippen molar-refractivity contribution >= 4 is 10.1 Å². The van der Waals surface area contributed by atoms with Crippen LogP contribution in [0, 0.1) is 12.8 Å². The van der Waals surface area contributed by atoms with Gasteiger partial charge in [0.05, 0.1) is 30.3 Å². The van der Waals surface area contributed by atoms with Crippen molar-refractivity contribution in [3.05, 3.63) is 89.0 Å². The predicted octanol–water partition coefficient (Wildman–Crippen LogP) is 5.38. The van der Waals surface area contributed by atoms with E-state index in [-0.39, 0.29) is 23.5 Å². The average molecular weight is 495 g/mol. The van der Waals surface area contributed by atoms with Gasteiger partial charge in [0.25, 0.3) is 10.1 Å². The second-order valence-electron chi connectivity index (χ2n) is 9.56. The summed E-state index contributed by atoms with van der Waals surface area (Å²) >= 11 is 0. The van der Waals surface area contributed by atoms with Gasteiger partial charge in [-0.2, -0.15) is 8.42 Å². The first-order valence-corrected chi connectivity index (χ1v) is 13.2. The number of ether oxygens (including phenoxy) is 3. The first-order chi connectivity index (χ1) is 16.8. The fraction of sp³-hybridized carbons (Fsp3) is 0.357. The van der Waals surface area contributed by atoms with Crippen molar-refractivity contribution in [2.24, 2.45) is 5.92 Å². The third kappa shape index (κ3) is 4.81. The number of fused-ring (bicyclic) bond motifs is 4. The molecule has 1 fully saturated rings. The standard InChI is InChI=1S/C28H30O6S/c1-19-9-11-23(12-10-19)35(29,30)33-18-28(2)22-13-21-14-26(31-3)27(16-24(21)25(15-22)34-28)32-17-20-7-5-4-6-8-20/h4-12,14,16,22,25H,13,15,17-18H2,1-3H3/t22-,25-,28-/m0/s1. The highest BCUT2D eigenvalue weighted by molar-refractivity contribution is 7.86. The molecule has 1 heterocycles. The maximum Gasteiger partial charge on any atom is 0.297 e. The Bertz CT molecular complexity index is 1300. The van der Waals surface area contributed by atoms with Crippen LogP contribution in [0.4, 0.5) is 0 Å². The molecule has 0 aromatic heterocycles. The van der Waals surface area contributed by atoms with E-state index in [4.69, 9.17) is 18.4 Å². The molecule has 184 valence electrons. The van der Waals surface area contributed by atoms with Gasteiger partial charge in [-0.05, 0) is 73.6 Å². The van der Waals surface area contributed by atoms with E-state index in [0.717, 1.165) is 35.1 Å². The number of methoxy groups -OCH3 is 1. The van der Waals surface area contributed by atoms with Crippen LogP contribution in [0.2, 0.25) is 0 Å². The number of aryl methyl sites for hydroxylation is 1. The summed E-state index contributed by atoms with van der Waals surface area (Å²) in [6, 6.07) is 20.7. The molecule has 0 amide bonds. The Balaban J connectivity index is 1.33. The molecule has 0 spiro atoms. The molecule has 0 N–H and O–H groups in total. The van der Waals surface area contributed by atoms with Crippen LogP contribution in [0.1, 0.15) is 41.7 Å². The Hall–Kier alpha value is -2.87. The minimum atomic E-state index is -3.87. The Morgan fingerprint density at radius 2 is 1.77 bits per heavy atom. The van der Waals surface area contributed by atoms with E-state index in [9.17, 15) is 8.42 Å². The first kappa shape index (κ1) is 23.9. The van der Waals surface area contributed by atoms with Crippen LogP contribution in [-0.4, -0.2) is 27.7 Å². The van der Waals surface area contributed by atoms with Gasteiger partial charge in [-0.15, -0.1) is 0 Å². The van der Waals surface area contributed by atoms with Crippen LogP contribution in [0.3, 0.4) is 0 Å². The van der Waals surface area contributed by atoms with E-state index < -0.39 is 15.7 Å². The summed E-state index contributed by atoms with van der Waals surface area (Å²) < 4.78 is 49.2. The molecular formula is C28H30O6S. The molecule has 35 heavy (non-hydrogen) atoms. The maximum atomic E-state index is 12.8. The lowest BCUT2D eigenvalue weighted by Crippen LogP contribution is -2.38. The Morgan fingerprint density at radius 3 is 2.49 bits per heavy atom. The van der Waals surface area contributed by atoms with E-state index in [1.54, 1.807) is 31.4 Å². The smallest absolute Gasteiger partial charge is 0.297 e. The third-order valence-corrected chi connectivity index (χ3v) is 8.34. The van der Waals surface area contributed by atoms with Gasteiger partial charge in [0.2, 0.25) is 0 Å². The molecule has 2 bridgehead atoms. The van der Waals surface area contributed by atoms with Crippen molar-refractivity contribution in [3.8, 4) is 11.5 Å². The van der Waals surface area contributed by atoms with Crippen LogP contribution in [0.5, 0.6) is 11.5 Å². The molecule has 3 atom stereocenters. The van der Waals surface area contributed by atoms with Crippen LogP contribution in [-0.2, 0) is 32.1 Å². The summed E-state index contributed by atoms with van der Waals surface area (Å²) in [5.74, 6) is 1.49. The third-order valence-electron chi connectivity index (χ3n) is 7.06. The van der Waals surface area contributed by atoms with Crippen LogP contribution in [0.25, 0.3) is 0 Å². The Kier molecular flexibility index (Phi) is 6.34. The van der Waals surface area contributed by atoms with E-state index in [0.29, 0.717) is 18.1 Å². The first-order valence-electron chi connectivity index (χ1n) is 11.8. The molecule has 1 aliphatic heterocycles. The highest BCUT2D eigenvalue weighted by atomic mass is 32.2. The highest BCUT2D eigenvalue weighted by Crippen LogP contribution is 2.52.